The summed E-state index contributed by atoms with van der Waals surface area (Å²) in [5.74, 6) is 3.11. The van der Waals surface area contributed by atoms with Gasteiger partial charge in [0.05, 0.1) is 26.4 Å². The second-order valence-electron chi connectivity index (χ2n) is 6.21. The molecule has 0 aliphatic carbocycles. The van der Waals surface area contributed by atoms with Gasteiger partial charge in [-0.05, 0) is 56.2 Å². The Kier molecular flexibility index (Phi) is 11.3. The van der Waals surface area contributed by atoms with Gasteiger partial charge in [0.15, 0.2) is 17.5 Å². The molecule has 0 saturated heterocycles. The first-order valence-corrected chi connectivity index (χ1v) is 9.60. The molecule has 0 radical (unpaired) electrons. The third-order valence-corrected chi connectivity index (χ3v) is 4.26. The Labute approximate surface area is 191 Å². The van der Waals surface area contributed by atoms with Gasteiger partial charge in [0.25, 0.3) is 0 Å². The Morgan fingerprint density at radius 3 is 2.24 bits per heavy atom. The predicted molar refractivity (Wildman–Crippen MR) is 129 cm³/mol. The SMILES string of the molecule is CCOc1ccc(C(C)NC(=NC)NCc2ccc(OC)cc2)cc1OCC.I. The Hall–Kier alpha value is -2.16. The van der Waals surface area contributed by atoms with Crippen molar-refractivity contribution in [1.82, 2.24) is 10.6 Å². The van der Waals surface area contributed by atoms with Crippen LogP contribution in [0.15, 0.2) is 47.5 Å². The zero-order valence-corrected chi connectivity index (χ0v) is 20.2. The first-order valence-electron chi connectivity index (χ1n) is 9.60. The van der Waals surface area contributed by atoms with Crippen LogP contribution in [0.4, 0.5) is 0 Å². The summed E-state index contributed by atoms with van der Waals surface area (Å²) in [6.07, 6.45) is 0. The second-order valence-corrected chi connectivity index (χ2v) is 6.21. The van der Waals surface area contributed by atoms with E-state index in [1.165, 1.54) is 0 Å². The average molecular weight is 513 g/mol. The fourth-order valence-electron chi connectivity index (χ4n) is 2.75. The molecule has 2 aromatic carbocycles. The number of guanidine groups is 1. The van der Waals surface area contributed by atoms with Gasteiger partial charge in [-0.2, -0.15) is 0 Å². The number of hydrogen-bond donors (Lipinski definition) is 2. The number of halogens is 1. The van der Waals surface area contributed by atoms with E-state index in [-0.39, 0.29) is 30.0 Å². The number of hydrogen-bond acceptors (Lipinski definition) is 4. The molecule has 2 N–H and O–H groups in total. The molecule has 7 heteroatoms. The van der Waals surface area contributed by atoms with Crippen LogP contribution in [0.5, 0.6) is 17.2 Å². The summed E-state index contributed by atoms with van der Waals surface area (Å²) in [6, 6.07) is 14.0. The normalized spacial score (nSPS) is 11.8. The van der Waals surface area contributed by atoms with E-state index in [0.29, 0.717) is 19.8 Å². The largest absolute Gasteiger partial charge is 0.497 e. The summed E-state index contributed by atoms with van der Waals surface area (Å²) in [4.78, 5) is 4.32. The number of benzene rings is 2. The highest BCUT2D eigenvalue weighted by atomic mass is 127. The molecule has 1 unspecified atom stereocenters. The number of nitrogens with zero attached hydrogens (tertiary/aromatic N) is 1. The van der Waals surface area contributed by atoms with E-state index < -0.39 is 0 Å². The van der Waals surface area contributed by atoms with Gasteiger partial charge in [0, 0.05) is 13.6 Å². The summed E-state index contributed by atoms with van der Waals surface area (Å²) in [6.45, 7) is 7.89. The lowest BCUT2D eigenvalue weighted by molar-refractivity contribution is 0.287. The summed E-state index contributed by atoms with van der Waals surface area (Å²) < 4.78 is 16.6. The Morgan fingerprint density at radius 2 is 1.66 bits per heavy atom. The summed E-state index contributed by atoms with van der Waals surface area (Å²) in [5, 5.41) is 6.75. The van der Waals surface area contributed by atoms with Gasteiger partial charge < -0.3 is 24.8 Å². The molecule has 29 heavy (non-hydrogen) atoms. The van der Waals surface area contributed by atoms with Gasteiger partial charge in [-0.3, -0.25) is 4.99 Å². The maximum Gasteiger partial charge on any atom is 0.191 e. The van der Waals surface area contributed by atoms with E-state index in [4.69, 9.17) is 14.2 Å². The van der Waals surface area contributed by atoms with Gasteiger partial charge in [-0.1, -0.05) is 18.2 Å². The van der Waals surface area contributed by atoms with Crippen molar-refractivity contribution < 1.29 is 14.2 Å². The number of rotatable bonds is 9. The Morgan fingerprint density at radius 1 is 1.00 bits per heavy atom. The van der Waals surface area contributed by atoms with Crippen molar-refractivity contribution in [2.24, 2.45) is 4.99 Å². The van der Waals surface area contributed by atoms with E-state index in [0.717, 1.165) is 34.3 Å². The van der Waals surface area contributed by atoms with Gasteiger partial charge in [0.1, 0.15) is 5.75 Å². The first kappa shape index (κ1) is 24.9. The zero-order valence-electron chi connectivity index (χ0n) is 17.8. The van der Waals surface area contributed by atoms with E-state index in [9.17, 15) is 0 Å². The summed E-state index contributed by atoms with van der Waals surface area (Å²) in [7, 11) is 3.43. The zero-order chi connectivity index (χ0) is 20.4. The minimum atomic E-state index is 0. The third-order valence-electron chi connectivity index (χ3n) is 4.26. The standard InChI is InChI=1S/C22H31N3O3.HI/c1-6-27-20-13-10-18(14-21(20)28-7-2)16(3)25-22(23-4)24-15-17-8-11-19(26-5)12-9-17;/h8-14,16H,6-7,15H2,1-5H3,(H2,23,24,25);1H. The molecule has 0 fully saturated rings. The fourth-order valence-corrected chi connectivity index (χ4v) is 2.75. The minimum Gasteiger partial charge on any atom is -0.497 e. The first-order chi connectivity index (χ1) is 13.6. The molecule has 0 aliphatic rings. The number of methoxy groups -OCH3 is 1. The molecule has 0 amide bonds. The maximum absolute atomic E-state index is 5.73. The lowest BCUT2D eigenvalue weighted by Gasteiger charge is -2.20. The molecule has 0 spiro atoms. The molecular formula is C22H32IN3O3. The highest BCUT2D eigenvalue weighted by molar-refractivity contribution is 14.0. The van der Waals surface area contributed by atoms with Crippen LogP contribution < -0.4 is 24.8 Å². The van der Waals surface area contributed by atoms with Crippen LogP contribution in [0, 0.1) is 0 Å². The lowest BCUT2D eigenvalue weighted by Crippen LogP contribution is -2.38. The molecule has 6 nitrogen and oxygen atoms in total. The minimum absolute atomic E-state index is 0. The Bertz CT molecular complexity index is 766. The number of ether oxygens (including phenoxy) is 3. The van der Waals surface area contributed by atoms with Crippen molar-refractivity contribution in [3.8, 4) is 17.2 Å². The molecule has 0 heterocycles. The van der Waals surface area contributed by atoms with E-state index in [1.54, 1.807) is 14.2 Å². The highest BCUT2D eigenvalue weighted by Gasteiger charge is 2.12. The van der Waals surface area contributed by atoms with E-state index >= 15 is 0 Å². The fraction of sp³-hybridized carbons (Fsp3) is 0.409. The quantitative estimate of drug-likeness (QED) is 0.293. The van der Waals surface area contributed by atoms with Crippen LogP contribution in [0.2, 0.25) is 0 Å². The molecule has 0 bridgehead atoms. The van der Waals surface area contributed by atoms with Crippen LogP contribution in [0.3, 0.4) is 0 Å². The molecule has 1 atom stereocenters. The van der Waals surface area contributed by atoms with Gasteiger partial charge >= 0.3 is 0 Å². The van der Waals surface area contributed by atoms with Crippen molar-refractivity contribution in [2.45, 2.75) is 33.4 Å². The number of nitrogens with one attached hydrogen (secondary N) is 2. The van der Waals surface area contributed by atoms with Crippen LogP contribution in [0.25, 0.3) is 0 Å². The second kappa shape index (κ2) is 13.1. The summed E-state index contributed by atoms with van der Waals surface area (Å²) >= 11 is 0. The lowest BCUT2D eigenvalue weighted by atomic mass is 10.1. The van der Waals surface area contributed by atoms with Crippen molar-refractivity contribution >= 4 is 29.9 Å². The third kappa shape index (κ3) is 7.64. The summed E-state index contributed by atoms with van der Waals surface area (Å²) in [5.41, 5.74) is 2.25. The monoisotopic (exact) mass is 513 g/mol. The van der Waals surface area contributed by atoms with Crippen LogP contribution in [-0.4, -0.2) is 33.3 Å². The molecular weight excluding hydrogens is 481 g/mol. The Balaban J connectivity index is 0.00000420. The van der Waals surface area contributed by atoms with Crippen molar-refractivity contribution in [1.29, 1.82) is 0 Å². The van der Waals surface area contributed by atoms with E-state index in [1.807, 2.05) is 56.3 Å². The molecule has 0 aliphatic heterocycles. The van der Waals surface area contributed by atoms with Gasteiger partial charge in [-0.25, -0.2) is 0 Å². The van der Waals surface area contributed by atoms with Gasteiger partial charge in [0.2, 0.25) is 0 Å². The average Bonchev–Trinajstić information content (AvgIpc) is 2.72. The van der Waals surface area contributed by atoms with Crippen molar-refractivity contribution in [2.75, 3.05) is 27.4 Å². The topological polar surface area (TPSA) is 64.1 Å². The molecule has 0 aromatic heterocycles. The number of aliphatic imine (C=N–C) groups is 1. The van der Waals surface area contributed by atoms with E-state index in [2.05, 4.69) is 22.5 Å². The van der Waals surface area contributed by atoms with Gasteiger partial charge in [-0.15, -0.1) is 24.0 Å². The van der Waals surface area contributed by atoms with Crippen molar-refractivity contribution in [3.63, 3.8) is 0 Å². The molecule has 2 aromatic rings. The highest BCUT2D eigenvalue weighted by Crippen LogP contribution is 2.30. The van der Waals surface area contributed by atoms with Crippen LogP contribution in [-0.2, 0) is 6.54 Å². The maximum atomic E-state index is 5.73. The van der Waals surface area contributed by atoms with Crippen LogP contribution >= 0.6 is 24.0 Å². The molecule has 0 saturated carbocycles. The predicted octanol–water partition coefficient (Wildman–Crippen LogP) is 4.54. The molecule has 160 valence electrons. The van der Waals surface area contributed by atoms with Crippen LogP contribution in [0.1, 0.15) is 37.9 Å². The van der Waals surface area contributed by atoms with Crippen molar-refractivity contribution in [3.05, 3.63) is 53.6 Å². The molecule has 2 rings (SSSR count). The smallest absolute Gasteiger partial charge is 0.191 e.